The van der Waals surface area contributed by atoms with E-state index in [4.69, 9.17) is 21.3 Å². The van der Waals surface area contributed by atoms with Crippen molar-refractivity contribution in [2.45, 2.75) is 46.6 Å². The van der Waals surface area contributed by atoms with Gasteiger partial charge in [-0.15, -0.1) is 0 Å². The molecule has 3 aromatic carbocycles. The lowest BCUT2D eigenvalue weighted by Crippen LogP contribution is -2.29. The second kappa shape index (κ2) is 11.1. The molecule has 0 aliphatic rings. The van der Waals surface area contributed by atoms with Crippen molar-refractivity contribution < 1.29 is 4.74 Å². The van der Waals surface area contributed by atoms with Gasteiger partial charge in [-0.3, -0.25) is 4.79 Å². The van der Waals surface area contributed by atoms with Gasteiger partial charge in [0.15, 0.2) is 0 Å². The first kappa shape index (κ1) is 27.9. The van der Waals surface area contributed by atoms with E-state index in [0.717, 1.165) is 38.4 Å². The first-order chi connectivity index (χ1) is 19.0. The summed E-state index contributed by atoms with van der Waals surface area (Å²) < 4.78 is 10.3. The highest BCUT2D eigenvalue weighted by atomic mass is 79.9. The molecule has 0 aliphatic heterocycles. The van der Waals surface area contributed by atoms with Crippen molar-refractivity contribution in [3.05, 3.63) is 121 Å². The van der Waals surface area contributed by atoms with E-state index in [1.165, 1.54) is 4.68 Å². The van der Waals surface area contributed by atoms with Crippen LogP contribution in [0, 0.1) is 13.8 Å². The van der Waals surface area contributed by atoms with Gasteiger partial charge in [-0.2, -0.15) is 9.78 Å². The van der Waals surface area contributed by atoms with Crippen LogP contribution in [0.1, 0.15) is 49.1 Å². The highest BCUT2D eigenvalue weighted by Crippen LogP contribution is 2.25. The number of nitrogens with zero attached hydrogens (tertiary/aromatic N) is 4. The molecule has 0 saturated carbocycles. The van der Waals surface area contributed by atoms with Crippen LogP contribution in [0.3, 0.4) is 0 Å². The average Bonchev–Trinajstić information content (AvgIpc) is 3.20. The van der Waals surface area contributed by atoms with E-state index in [2.05, 4.69) is 31.7 Å². The third kappa shape index (κ3) is 5.62. The summed E-state index contributed by atoms with van der Waals surface area (Å²) in [5.74, 6) is 1.36. The smallest absolute Gasteiger partial charge is 0.282 e. The molecule has 0 spiro atoms. The highest BCUT2D eigenvalue weighted by Gasteiger charge is 2.23. The minimum atomic E-state index is -0.385. The molecule has 0 aliphatic carbocycles. The number of benzene rings is 3. The summed E-state index contributed by atoms with van der Waals surface area (Å²) in [6, 6.07) is 23.2. The Morgan fingerprint density at radius 1 is 1.02 bits per heavy atom. The predicted octanol–water partition coefficient (Wildman–Crippen LogP) is 7.98. The second-order valence-corrected chi connectivity index (χ2v) is 12.1. The Bertz CT molecular complexity index is 1800. The van der Waals surface area contributed by atoms with Gasteiger partial charge in [-0.25, -0.2) is 4.98 Å². The molecule has 0 atom stereocenters. The van der Waals surface area contributed by atoms with E-state index in [0.29, 0.717) is 28.4 Å². The summed E-state index contributed by atoms with van der Waals surface area (Å²) in [5, 5.41) is 5.87. The van der Waals surface area contributed by atoms with Crippen LogP contribution in [-0.4, -0.2) is 20.4 Å². The topological polar surface area (TPSA) is 61.4 Å². The quantitative estimate of drug-likeness (QED) is 0.182. The Hall–Kier alpha value is -3.68. The largest absolute Gasteiger partial charge is 0.489 e. The number of hydrogen-bond donors (Lipinski definition) is 0. The molecule has 204 valence electrons. The van der Waals surface area contributed by atoms with E-state index in [1.54, 1.807) is 12.3 Å². The van der Waals surface area contributed by atoms with Crippen LogP contribution in [0.25, 0.3) is 16.6 Å². The van der Waals surface area contributed by atoms with Crippen LogP contribution in [0.2, 0.25) is 5.02 Å². The van der Waals surface area contributed by atoms with E-state index >= 15 is 0 Å². The third-order valence-electron chi connectivity index (χ3n) is 6.71. The molecular formula is C32H30BrClN4O2. The van der Waals surface area contributed by atoms with Crippen molar-refractivity contribution in [1.29, 1.82) is 0 Å². The molecule has 5 rings (SSSR count). The number of aryl methyl sites for hydroxylation is 1. The molecule has 0 N–H and O–H groups in total. The number of rotatable bonds is 6. The van der Waals surface area contributed by atoms with E-state index < -0.39 is 0 Å². The third-order valence-corrected chi connectivity index (χ3v) is 7.57. The molecule has 8 heteroatoms. The molecule has 0 bridgehead atoms. The summed E-state index contributed by atoms with van der Waals surface area (Å²) in [4.78, 5) is 18.3. The van der Waals surface area contributed by atoms with Gasteiger partial charge in [0.2, 0.25) is 0 Å². The molecule has 6 nitrogen and oxygen atoms in total. The monoisotopic (exact) mass is 616 g/mol. The van der Waals surface area contributed by atoms with E-state index in [9.17, 15) is 4.79 Å². The van der Waals surface area contributed by atoms with E-state index in [-0.39, 0.29) is 11.0 Å². The molecule has 2 heterocycles. The lowest BCUT2D eigenvalue weighted by molar-refractivity contribution is 0.306. The maximum absolute atomic E-state index is 13.5. The van der Waals surface area contributed by atoms with Gasteiger partial charge in [0.05, 0.1) is 17.1 Å². The maximum atomic E-state index is 13.5. The number of ether oxygens (including phenoxy) is 1. The Labute approximate surface area is 247 Å². The van der Waals surface area contributed by atoms with Crippen molar-refractivity contribution in [2.75, 3.05) is 0 Å². The predicted molar refractivity (Wildman–Crippen MR) is 166 cm³/mol. The molecule has 2 aromatic heterocycles. The van der Waals surface area contributed by atoms with Crippen LogP contribution in [0.5, 0.6) is 5.75 Å². The molecule has 0 unspecified atom stereocenters. The standard InChI is InChI=1S/C32H30BrClN4O2/c1-20-16-23(18-35-38-30(39)27-17-24(33)10-15-29(27)36-31(38)32(3,4)5)21(2)37(20)25-11-13-26(14-12-25)40-19-22-8-6-7-9-28(22)34/h6-18H,19H2,1-5H3. The first-order valence-electron chi connectivity index (χ1n) is 13.0. The van der Waals surface area contributed by atoms with Gasteiger partial charge >= 0.3 is 0 Å². The fourth-order valence-corrected chi connectivity index (χ4v) is 5.20. The zero-order chi connectivity index (χ0) is 28.6. The number of halogens is 2. The van der Waals surface area contributed by atoms with Gasteiger partial charge in [-0.1, -0.05) is 66.5 Å². The first-order valence-corrected chi connectivity index (χ1v) is 14.1. The fraction of sp³-hybridized carbons (Fsp3) is 0.219. The van der Waals surface area contributed by atoms with Gasteiger partial charge in [-0.05, 0) is 68.4 Å². The fourth-order valence-electron chi connectivity index (χ4n) is 4.64. The normalized spacial score (nSPS) is 12.0. The van der Waals surface area contributed by atoms with Crippen molar-refractivity contribution >= 4 is 44.6 Å². The summed E-state index contributed by atoms with van der Waals surface area (Å²) >= 11 is 9.71. The highest BCUT2D eigenvalue weighted by molar-refractivity contribution is 9.10. The SMILES string of the molecule is Cc1cc(C=Nn2c(C(C)(C)C)nc3ccc(Br)cc3c2=O)c(C)n1-c1ccc(OCc2ccccc2Cl)cc1. The minimum absolute atomic E-state index is 0.200. The summed E-state index contributed by atoms with van der Waals surface area (Å²) in [6.07, 6.45) is 1.74. The van der Waals surface area contributed by atoms with Crippen LogP contribution in [0.4, 0.5) is 0 Å². The minimum Gasteiger partial charge on any atom is -0.489 e. The van der Waals surface area contributed by atoms with Crippen molar-refractivity contribution in [3.63, 3.8) is 0 Å². The summed E-state index contributed by atoms with van der Waals surface area (Å²) in [6.45, 7) is 10.6. The zero-order valence-electron chi connectivity index (χ0n) is 23.1. The lowest BCUT2D eigenvalue weighted by atomic mass is 9.95. The number of fused-ring (bicyclic) bond motifs is 1. The molecule has 0 saturated heterocycles. The summed E-state index contributed by atoms with van der Waals surface area (Å²) in [7, 11) is 0. The van der Waals surface area contributed by atoms with Gasteiger partial charge in [0.1, 0.15) is 18.2 Å². The van der Waals surface area contributed by atoms with Gasteiger partial charge < -0.3 is 9.30 Å². The Kier molecular flexibility index (Phi) is 7.71. The van der Waals surface area contributed by atoms with Crippen LogP contribution < -0.4 is 10.3 Å². The molecule has 0 fully saturated rings. The molecule has 0 amide bonds. The van der Waals surface area contributed by atoms with Gasteiger partial charge in [0.25, 0.3) is 5.56 Å². The summed E-state index contributed by atoms with van der Waals surface area (Å²) in [5.41, 5.74) is 4.99. The Morgan fingerprint density at radius 3 is 2.45 bits per heavy atom. The maximum Gasteiger partial charge on any atom is 0.282 e. The van der Waals surface area contributed by atoms with Crippen LogP contribution >= 0.6 is 27.5 Å². The van der Waals surface area contributed by atoms with Crippen LogP contribution in [0.15, 0.2) is 87.2 Å². The molecule has 40 heavy (non-hydrogen) atoms. The number of hydrogen-bond acceptors (Lipinski definition) is 4. The zero-order valence-corrected chi connectivity index (χ0v) is 25.4. The van der Waals surface area contributed by atoms with Crippen molar-refractivity contribution in [2.24, 2.45) is 5.10 Å². The Balaban J connectivity index is 1.45. The molecule has 5 aromatic rings. The molecular weight excluding hydrogens is 588 g/mol. The average molecular weight is 618 g/mol. The Morgan fingerprint density at radius 2 is 1.75 bits per heavy atom. The van der Waals surface area contributed by atoms with Crippen molar-refractivity contribution in [1.82, 2.24) is 14.2 Å². The van der Waals surface area contributed by atoms with Crippen molar-refractivity contribution in [3.8, 4) is 11.4 Å². The van der Waals surface area contributed by atoms with Crippen LogP contribution in [-0.2, 0) is 12.0 Å². The molecule has 0 radical (unpaired) electrons. The second-order valence-electron chi connectivity index (χ2n) is 10.7. The number of aromatic nitrogens is 3. The van der Waals surface area contributed by atoms with E-state index in [1.807, 2.05) is 95.3 Å². The van der Waals surface area contributed by atoms with Gasteiger partial charge in [0, 0.05) is 43.1 Å². The lowest BCUT2D eigenvalue weighted by Gasteiger charge is -2.20.